The van der Waals surface area contributed by atoms with Crippen molar-refractivity contribution in [3.05, 3.63) is 40.2 Å². The van der Waals surface area contributed by atoms with E-state index in [1.165, 1.54) is 23.5 Å². The first-order chi connectivity index (χ1) is 10.1. The van der Waals surface area contributed by atoms with E-state index in [9.17, 15) is 13.2 Å². The molecule has 0 aliphatic carbocycles. The summed E-state index contributed by atoms with van der Waals surface area (Å²) in [6, 6.07) is 5.62. The highest BCUT2D eigenvalue weighted by Gasteiger charge is 2.34. The van der Waals surface area contributed by atoms with Gasteiger partial charge in [0, 0.05) is 23.4 Å². The van der Waals surface area contributed by atoms with E-state index in [2.05, 4.69) is 10.3 Å². The molecule has 2 nitrogen and oxygen atoms in total. The van der Waals surface area contributed by atoms with Gasteiger partial charge in [-0.05, 0) is 25.5 Å². The van der Waals surface area contributed by atoms with Crippen molar-refractivity contribution in [3.63, 3.8) is 0 Å². The Morgan fingerprint density at radius 3 is 2.76 bits per heavy atom. The molecule has 0 amide bonds. The van der Waals surface area contributed by atoms with Crippen LogP contribution in [0.4, 0.5) is 13.2 Å². The number of nitrogens with zero attached hydrogens (tertiary/aromatic N) is 1. The molecular weight excluding hydrogens is 297 g/mol. The van der Waals surface area contributed by atoms with Crippen LogP contribution in [-0.4, -0.2) is 18.1 Å². The van der Waals surface area contributed by atoms with Crippen molar-refractivity contribution < 1.29 is 13.2 Å². The molecule has 2 heterocycles. The minimum atomic E-state index is -4.35. The van der Waals surface area contributed by atoms with Gasteiger partial charge in [0.2, 0.25) is 0 Å². The van der Waals surface area contributed by atoms with Gasteiger partial charge < -0.3 is 5.32 Å². The summed E-state index contributed by atoms with van der Waals surface area (Å²) >= 11 is 1.45. The Morgan fingerprint density at radius 1 is 1.24 bits per heavy atom. The van der Waals surface area contributed by atoms with E-state index in [1.807, 2.05) is 0 Å². The number of alkyl halides is 3. The van der Waals surface area contributed by atoms with Gasteiger partial charge in [-0.3, -0.25) is 0 Å². The average molecular weight is 312 g/mol. The number of hydrogen-bond acceptors (Lipinski definition) is 3. The van der Waals surface area contributed by atoms with Crippen molar-refractivity contribution in [2.75, 3.05) is 13.1 Å². The third-order valence-electron chi connectivity index (χ3n) is 3.68. The van der Waals surface area contributed by atoms with Gasteiger partial charge in [0.1, 0.15) is 0 Å². The maximum Gasteiger partial charge on any atom is 0.417 e. The van der Waals surface area contributed by atoms with Crippen molar-refractivity contribution in [2.24, 2.45) is 0 Å². The summed E-state index contributed by atoms with van der Waals surface area (Å²) < 4.78 is 39.2. The van der Waals surface area contributed by atoms with Gasteiger partial charge >= 0.3 is 6.18 Å². The second kappa shape index (κ2) is 5.77. The van der Waals surface area contributed by atoms with Crippen LogP contribution in [0.2, 0.25) is 0 Å². The molecule has 1 fully saturated rings. The first kappa shape index (κ1) is 14.5. The SMILES string of the molecule is FC(F)(F)c1ccccc1-c1csc(C2CCCNC2)n1. The molecule has 6 heteroatoms. The third-order valence-corrected chi connectivity index (χ3v) is 4.68. The summed E-state index contributed by atoms with van der Waals surface area (Å²) in [6.07, 6.45) is -2.23. The molecule has 1 unspecified atom stereocenters. The molecule has 1 N–H and O–H groups in total. The van der Waals surface area contributed by atoms with Crippen LogP contribution in [0.3, 0.4) is 0 Å². The van der Waals surface area contributed by atoms with Crippen LogP contribution in [0.15, 0.2) is 29.6 Å². The Labute approximate surface area is 125 Å². The van der Waals surface area contributed by atoms with Gasteiger partial charge in [-0.15, -0.1) is 11.3 Å². The highest BCUT2D eigenvalue weighted by Crippen LogP contribution is 2.38. The molecule has 112 valence electrons. The second-order valence-corrected chi connectivity index (χ2v) is 6.05. The van der Waals surface area contributed by atoms with E-state index in [0.717, 1.165) is 37.0 Å². The largest absolute Gasteiger partial charge is 0.417 e. The summed E-state index contributed by atoms with van der Waals surface area (Å²) in [5.74, 6) is 0.315. The Bertz CT molecular complexity index is 615. The van der Waals surface area contributed by atoms with Crippen molar-refractivity contribution >= 4 is 11.3 Å². The number of thiazole rings is 1. The lowest BCUT2D eigenvalue weighted by molar-refractivity contribution is -0.137. The number of rotatable bonds is 2. The van der Waals surface area contributed by atoms with Crippen LogP contribution in [0.1, 0.15) is 29.3 Å². The lowest BCUT2D eigenvalue weighted by Gasteiger charge is -2.20. The molecule has 1 atom stereocenters. The molecule has 0 saturated carbocycles. The normalized spacial score (nSPS) is 19.7. The average Bonchev–Trinajstić information content (AvgIpc) is 2.97. The lowest BCUT2D eigenvalue weighted by Crippen LogP contribution is -2.28. The molecule has 1 saturated heterocycles. The van der Waals surface area contributed by atoms with Crippen LogP contribution in [0.5, 0.6) is 0 Å². The summed E-state index contributed by atoms with van der Waals surface area (Å²) in [6.45, 7) is 1.86. The molecule has 3 rings (SSSR count). The molecule has 1 aliphatic heterocycles. The standard InChI is InChI=1S/C15H15F3N2S/c16-15(17,18)12-6-2-1-5-11(12)13-9-21-14(20-13)10-4-3-7-19-8-10/h1-2,5-6,9-10,19H,3-4,7-8H2. The van der Waals surface area contributed by atoms with Gasteiger partial charge in [0.15, 0.2) is 0 Å². The Morgan fingerprint density at radius 2 is 2.05 bits per heavy atom. The van der Waals surface area contributed by atoms with E-state index < -0.39 is 11.7 Å². The van der Waals surface area contributed by atoms with Crippen molar-refractivity contribution in [3.8, 4) is 11.3 Å². The fraction of sp³-hybridized carbons (Fsp3) is 0.400. The smallest absolute Gasteiger partial charge is 0.316 e. The van der Waals surface area contributed by atoms with Crippen LogP contribution in [0.25, 0.3) is 11.3 Å². The Kier molecular flexibility index (Phi) is 3.99. The molecule has 0 spiro atoms. The molecule has 1 aromatic heterocycles. The van der Waals surface area contributed by atoms with E-state index in [1.54, 1.807) is 11.4 Å². The number of nitrogens with one attached hydrogen (secondary N) is 1. The minimum Gasteiger partial charge on any atom is -0.316 e. The quantitative estimate of drug-likeness (QED) is 0.894. The highest BCUT2D eigenvalue weighted by atomic mass is 32.1. The Hall–Kier alpha value is -1.40. The van der Waals surface area contributed by atoms with Gasteiger partial charge in [-0.2, -0.15) is 13.2 Å². The van der Waals surface area contributed by atoms with Crippen molar-refractivity contribution in [1.82, 2.24) is 10.3 Å². The van der Waals surface area contributed by atoms with E-state index >= 15 is 0 Å². The van der Waals surface area contributed by atoms with Crippen molar-refractivity contribution in [2.45, 2.75) is 24.9 Å². The van der Waals surface area contributed by atoms with Crippen LogP contribution in [-0.2, 0) is 6.18 Å². The van der Waals surface area contributed by atoms with Gasteiger partial charge in [-0.25, -0.2) is 4.98 Å². The summed E-state index contributed by atoms with van der Waals surface area (Å²) in [4.78, 5) is 4.46. The maximum absolute atomic E-state index is 13.1. The zero-order valence-electron chi connectivity index (χ0n) is 11.3. The maximum atomic E-state index is 13.1. The first-order valence-electron chi connectivity index (χ1n) is 6.88. The molecule has 1 aliphatic rings. The summed E-state index contributed by atoms with van der Waals surface area (Å²) in [5, 5.41) is 5.96. The summed E-state index contributed by atoms with van der Waals surface area (Å²) in [5.41, 5.74) is -0.0339. The van der Waals surface area contributed by atoms with E-state index in [4.69, 9.17) is 0 Å². The molecular formula is C15H15F3N2S. The zero-order chi connectivity index (χ0) is 14.9. The predicted molar refractivity (Wildman–Crippen MR) is 77.4 cm³/mol. The van der Waals surface area contributed by atoms with Gasteiger partial charge in [0.05, 0.1) is 16.3 Å². The van der Waals surface area contributed by atoms with Gasteiger partial charge in [-0.1, -0.05) is 18.2 Å². The zero-order valence-corrected chi connectivity index (χ0v) is 12.1. The number of aromatic nitrogens is 1. The van der Waals surface area contributed by atoms with Crippen LogP contribution >= 0.6 is 11.3 Å². The molecule has 0 bridgehead atoms. The van der Waals surface area contributed by atoms with E-state index in [0.29, 0.717) is 11.6 Å². The van der Waals surface area contributed by atoms with Crippen molar-refractivity contribution in [1.29, 1.82) is 0 Å². The molecule has 21 heavy (non-hydrogen) atoms. The topological polar surface area (TPSA) is 24.9 Å². The van der Waals surface area contributed by atoms with Crippen LogP contribution < -0.4 is 5.32 Å². The second-order valence-electron chi connectivity index (χ2n) is 5.16. The lowest BCUT2D eigenvalue weighted by atomic mass is 10.0. The number of halogens is 3. The van der Waals surface area contributed by atoms with E-state index in [-0.39, 0.29) is 5.56 Å². The number of benzene rings is 1. The monoisotopic (exact) mass is 312 g/mol. The number of piperidine rings is 1. The molecule has 1 aromatic carbocycles. The fourth-order valence-electron chi connectivity index (χ4n) is 2.62. The predicted octanol–water partition coefficient (Wildman–Crippen LogP) is 4.30. The Balaban J connectivity index is 1.93. The fourth-order valence-corrected chi connectivity index (χ4v) is 3.57. The number of hydrogen-bond donors (Lipinski definition) is 1. The minimum absolute atomic E-state index is 0.163. The third kappa shape index (κ3) is 3.11. The highest BCUT2D eigenvalue weighted by molar-refractivity contribution is 7.10. The van der Waals surface area contributed by atoms with Gasteiger partial charge in [0.25, 0.3) is 0 Å². The first-order valence-corrected chi connectivity index (χ1v) is 7.76. The van der Waals surface area contributed by atoms with Crippen LogP contribution in [0, 0.1) is 0 Å². The summed E-state index contributed by atoms with van der Waals surface area (Å²) in [7, 11) is 0. The molecule has 0 radical (unpaired) electrons. The molecule has 2 aromatic rings.